The van der Waals surface area contributed by atoms with Gasteiger partial charge >= 0.3 is 0 Å². The highest BCUT2D eigenvalue weighted by molar-refractivity contribution is 9.11. The number of carbonyl (C=O) groups excluding carboxylic acids is 1. The predicted octanol–water partition coefficient (Wildman–Crippen LogP) is 4.66. The topological polar surface area (TPSA) is 20.3 Å². The van der Waals surface area contributed by atoms with E-state index >= 15 is 0 Å². The van der Waals surface area contributed by atoms with E-state index in [1.807, 2.05) is 30.0 Å². The van der Waals surface area contributed by atoms with Crippen LogP contribution in [0.2, 0.25) is 0 Å². The Morgan fingerprint density at radius 2 is 2.15 bits per heavy atom. The van der Waals surface area contributed by atoms with Crippen LogP contribution in [0.5, 0.6) is 0 Å². The standard InChI is InChI=1S/C16H16BrNOS/c1-10-7-12-5-3-4-6-13(12)18(9-10)16(19)14-8-11(2)15(17)20-14/h3-6,8,10H,7,9H2,1-2H3. The van der Waals surface area contributed by atoms with E-state index in [4.69, 9.17) is 0 Å². The van der Waals surface area contributed by atoms with Crippen molar-refractivity contribution in [2.75, 3.05) is 11.4 Å². The van der Waals surface area contributed by atoms with E-state index in [-0.39, 0.29) is 5.91 Å². The number of aryl methyl sites for hydroxylation is 1. The third kappa shape index (κ3) is 2.42. The lowest BCUT2D eigenvalue weighted by molar-refractivity contribution is 0.0985. The van der Waals surface area contributed by atoms with Gasteiger partial charge in [0.05, 0.1) is 8.66 Å². The average Bonchev–Trinajstić information content (AvgIpc) is 2.77. The summed E-state index contributed by atoms with van der Waals surface area (Å²) in [4.78, 5) is 15.5. The molecule has 0 N–H and O–H groups in total. The largest absolute Gasteiger partial charge is 0.307 e. The maximum atomic E-state index is 12.8. The Hall–Kier alpha value is -1.13. The zero-order valence-corrected chi connectivity index (χ0v) is 13.9. The number of hydrogen-bond donors (Lipinski definition) is 0. The van der Waals surface area contributed by atoms with Crippen LogP contribution in [0.1, 0.15) is 27.7 Å². The first kappa shape index (κ1) is 13.8. The molecule has 1 aromatic carbocycles. The van der Waals surface area contributed by atoms with Crippen molar-refractivity contribution in [2.45, 2.75) is 20.3 Å². The first-order valence-corrected chi connectivity index (χ1v) is 8.33. The van der Waals surface area contributed by atoms with E-state index in [9.17, 15) is 4.79 Å². The van der Waals surface area contributed by atoms with Gasteiger partial charge < -0.3 is 4.90 Å². The van der Waals surface area contributed by atoms with Crippen molar-refractivity contribution in [1.82, 2.24) is 0 Å². The molecular formula is C16H16BrNOS. The molecule has 0 bridgehead atoms. The summed E-state index contributed by atoms with van der Waals surface area (Å²) in [5.74, 6) is 0.612. The van der Waals surface area contributed by atoms with Crippen molar-refractivity contribution in [3.63, 3.8) is 0 Å². The van der Waals surface area contributed by atoms with Crippen molar-refractivity contribution in [3.05, 3.63) is 50.1 Å². The second kappa shape index (κ2) is 5.34. The van der Waals surface area contributed by atoms with Gasteiger partial charge in [0, 0.05) is 12.2 Å². The fourth-order valence-electron chi connectivity index (χ4n) is 2.69. The molecule has 0 fully saturated rings. The zero-order valence-electron chi connectivity index (χ0n) is 11.5. The Kier molecular flexibility index (Phi) is 3.69. The molecule has 104 valence electrons. The molecule has 0 spiro atoms. The molecule has 1 amide bonds. The molecule has 0 saturated heterocycles. The smallest absolute Gasteiger partial charge is 0.268 e. The fraction of sp³-hybridized carbons (Fsp3) is 0.312. The molecule has 0 aliphatic carbocycles. The molecule has 1 atom stereocenters. The van der Waals surface area contributed by atoms with Crippen molar-refractivity contribution >= 4 is 38.9 Å². The van der Waals surface area contributed by atoms with E-state index in [0.29, 0.717) is 5.92 Å². The molecule has 1 aromatic heterocycles. The summed E-state index contributed by atoms with van der Waals surface area (Å²) >= 11 is 5.02. The van der Waals surface area contributed by atoms with Crippen LogP contribution >= 0.6 is 27.3 Å². The number of amides is 1. The maximum absolute atomic E-state index is 12.8. The lowest BCUT2D eigenvalue weighted by Crippen LogP contribution is -2.38. The van der Waals surface area contributed by atoms with Gasteiger partial charge in [0.1, 0.15) is 0 Å². The maximum Gasteiger partial charge on any atom is 0.268 e. The number of para-hydroxylation sites is 1. The number of thiophene rings is 1. The third-order valence-corrected chi connectivity index (χ3v) is 5.78. The molecule has 1 aliphatic heterocycles. The summed E-state index contributed by atoms with van der Waals surface area (Å²) in [6, 6.07) is 10.2. The minimum Gasteiger partial charge on any atom is -0.307 e. The molecule has 2 aromatic rings. The summed E-state index contributed by atoms with van der Waals surface area (Å²) in [7, 11) is 0. The number of fused-ring (bicyclic) bond motifs is 1. The van der Waals surface area contributed by atoms with Gasteiger partial charge in [0.15, 0.2) is 0 Å². The van der Waals surface area contributed by atoms with Crippen LogP contribution < -0.4 is 4.90 Å². The lowest BCUT2D eigenvalue weighted by atomic mass is 9.94. The van der Waals surface area contributed by atoms with E-state index in [0.717, 1.165) is 32.9 Å². The Labute approximate surface area is 131 Å². The van der Waals surface area contributed by atoms with Crippen LogP contribution in [0.15, 0.2) is 34.1 Å². The minimum absolute atomic E-state index is 0.114. The van der Waals surface area contributed by atoms with Crippen LogP contribution in [-0.2, 0) is 6.42 Å². The first-order chi connectivity index (χ1) is 9.56. The number of hydrogen-bond acceptors (Lipinski definition) is 2. The van der Waals surface area contributed by atoms with Crippen LogP contribution in [0, 0.1) is 12.8 Å². The average molecular weight is 350 g/mol. The lowest BCUT2D eigenvalue weighted by Gasteiger charge is -2.32. The Morgan fingerprint density at radius 1 is 1.40 bits per heavy atom. The van der Waals surface area contributed by atoms with Crippen molar-refractivity contribution in [2.24, 2.45) is 5.92 Å². The van der Waals surface area contributed by atoms with Crippen LogP contribution in [0.4, 0.5) is 5.69 Å². The molecular weight excluding hydrogens is 334 g/mol. The van der Waals surface area contributed by atoms with Gasteiger partial charge in [-0.05, 0) is 58.5 Å². The quantitative estimate of drug-likeness (QED) is 0.733. The van der Waals surface area contributed by atoms with Crippen molar-refractivity contribution in [1.29, 1.82) is 0 Å². The van der Waals surface area contributed by atoms with E-state index in [1.165, 1.54) is 16.9 Å². The second-order valence-electron chi connectivity index (χ2n) is 5.42. The van der Waals surface area contributed by atoms with Gasteiger partial charge in [-0.15, -0.1) is 11.3 Å². The first-order valence-electron chi connectivity index (χ1n) is 6.72. The van der Waals surface area contributed by atoms with Gasteiger partial charge in [-0.3, -0.25) is 4.79 Å². The Morgan fingerprint density at radius 3 is 2.85 bits per heavy atom. The highest BCUT2D eigenvalue weighted by Gasteiger charge is 2.27. The van der Waals surface area contributed by atoms with Crippen LogP contribution in [-0.4, -0.2) is 12.5 Å². The monoisotopic (exact) mass is 349 g/mol. The number of anilines is 1. The zero-order chi connectivity index (χ0) is 14.3. The molecule has 3 rings (SSSR count). The summed E-state index contributed by atoms with van der Waals surface area (Å²) in [6.07, 6.45) is 1.05. The molecule has 20 heavy (non-hydrogen) atoms. The van der Waals surface area contributed by atoms with Gasteiger partial charge in [0.25, 0.3) is 5.91 Å². The fourth-order valence-corrected chi connectivity index (χ4v) is 4.17. The van der Waals surface area contributed by atoms with Crippen LogP contribution in [0.3, 0.4) is 0 Å². The van der Waals surface area contributed by atoms with Gasteiger partial charge in [0.2, 0.25) is 0 Å². The summed E-state index contributed by atoms with van der Waals surface area (Å²) < 4.78 is 1.04. The molecule has 2 nitrogen and oxygen atoms in total. The molecule has 0 saturated carbocycles. The van der Waals surface area contributed by atoms with Crippen molar-refractivity contribution < 1.29 is 4.79 Å². The van der Waals surface area contributed by atoms with Gasteiger partial charge in [-0.1, -0.05) is 25.1 Å². The number of benzene rings is 1. The predicted molar refractivity (Wildman–Crippen MR) is 87.7 cm³/mol. The number of nitrogens with zero attached hydrogens (tertiary/aromatic N) is 1. The summed E-state index contributed by atoms with van der Waals surface area (Å²) in [6.45, 7) is 5.01. The normalized spacial score (nSPS) is 17.9. The number of rotatable bonds is 1. The number of carbonyl (C=O) groups is 1. The number of halogens is 1. The summed E-state index contributed by atoms with van der Waals surface area (Å²) in [5.41, 5.74) is 3.46. The van der Waals surface area contributed by atoms with E-state index in [2.05, 4.69) is 35.0 Å². The van der Waals surface area contributed by atoms with Crippen LogP contribution in [0.25, 0.3) is 0 Å². The molecule has 2 heterocycles. The van der Waals surface area contributed by atoms with Gasteiger partial charge in [-0.25, -0.2) is 0 Å². The Balaban J connectivity index is 1.99. The highest BCUT2D eigenvalue weighted by Crippen LogP contribution is 2.33. The SMILES string of the molecule is Cc1cc(C(=O)N2CC(C)Cc3ccccc32)sc1Br. The molecule has 4 heteroatoms. The molecule has 1 unspecified atom stereocenters. The molecule has 1 aliphatic rings. The summed E-state index contributed by atoms with van der Waals surface area (Å²) in [5, 5.41) is 0. The third-order valence-electron chi connectivity index (χ3n) is 3.66. The second-order valence-corrected chi connectivity index (χ2v) is 7.79. The highest BCUT2D eigenvalue weighted by atomic mass is 79.9. The van der Waals surface area contributed by atoms with Gasteiger partial charge in [-0.2, -0.15) is 0 Å². The molecule has 0 radical (unpaired) electrons. The van der Waals surface area contributed by atoms with E-state index < -0.39 is 0 Å². The minimum atomic E-state index is 0.114. The van der Waals surface area contributed by atoms with Crippen molar-refractivity contribution in [3.8, 4) is 0 Å². The Bertz CT molecular complexity index is 645. The van der Waals surface area contributed by atoms with E-state index in [1.54, 1.807) is 0 Å².